The van der Waals surface area contributed by atoms with Crippen LogP contribution < -0.4 is 21.1 Å². The summed E-state index contributed by atoms with van der Waals surface area (Å²) in [7, 11) is 1.56. The molecule has 138 valence electrons. The lowest BCUT2D eigenvalue weighted by Crippen LogP contribution is -2.12. The molecule has 2 aromatic carbocycles. The molecule has 4 N–H and O–H groups in total. The lowest BCUT2D eigenvalue weighted by molar-refractivity contribution is 0.102. The Morgan fingerprint density at radius 1 is 1.19 bits per heavy atom. The van der Waals surface area contributed by atoms with Gasteiger partial charge in [0.15, 0.2) is 0 Å². The number of hydrogen-bond acceptors (Lipinski definition) is 5. The number of nitrogens with two attached hydrogens (primary N) is 1. The number of rotatable bonds is 6. The van der Waals surface area contributed by atoms with Crippen LogP contribution in [0.15, 0.2) is 60.8 Å². The zero-order valence-corrected chi connectivity index (χ0v) is 14.7. The van der Waals surface area contributed by atoms with Crippen LogP contribution in [-0.2, 0) is 6.54 Å². The number of carbonyl (C=O) groups excluding carboxylic acids is 1. The maximum absolute atomic E-state index is 14.1. The number of benzene rings is 2. The third kappa shape index (κ3) is 4.52. The monoisotopic (exact) mass is 366 g/mol. The number of carbonyl (C=O) groups is 1. The van der Waals surface area contributed by atoms with Crippen molar-refractivity contribution in [2.45, 2.75) is 6.54 Å². The van der Waals surface area contributed by atoms with Gasteiger partial charge in [0.05, 0.1) is 12.8 Å². The van der Waals surface area contributed by atoms with Crippen molar-refractivity contribution >= 4 is 23.1 Å². The van der Waals surface area contributed by atoms with Gasteiger partial charge in [-0.1, -0.05) is 0 Å². The Morgan fingerprint density at radius 3 is 2.67 bits per heavy atom. The van der Waals surface area contributed by atoms with Crippen molar-refractivity contribution < 1.29 is 13.9 Å². The molecule has 6 nitrogen and oxygen atoms in total. The fourth-order valence-electron chi connectivity index (χ4n) is 2.49. The molecule has 0 bridgehead atoms. The first-order valence-corrected chi connectivity index (χ1v) is 8.25. The number of pyridine rings is 1. The Morgan fingerprint density at radius 2 is 1.96 bits per heavy atom. The standard InChI is InChI=1S/C20H19FN4O2/c1-27-16-7-4-13(5-8-16)20(26)25-15-6-9-17(21)14(11-15)12-24-18-3-2-10-23-19(18)22/h2-11,24H,12H2,1H3,(H2,22,23)(H,25,26). The number of ether oxygens (including phenoxy) is 1. The fraction of sp³-hybridized carbons (Fsp3) is 0.100. The second kappa shape index (κ2) is 8.18. The SMILES string of the molecule is COc1ccc(C(=O)Nc2ccc(F)c(CNc3cccnc3N)c2)cc1. The third-order valence-electron chi connectivity index (χ3n) is 3.96. The number of aromatic nitrogens is 1. The van der Waals surface area contributed by atoms with Gasteiger partial charge in [-0.15, -0.1) is 0 Å². The summed E-state index contributed by atoms with van der Waals surface area (Å²) >= 11 is 0. The molecular weight excluding hydrogens is 347 g/mol. The van der Waals surface area contributed by atoms with Gasteiger partial charge in [0, 0.05) is 29.6 Å². The molecule has 0 atom stereocenters. The summed E-state index contributed by atoms with van der Waals surface area (Å²) < 4.78 is 19.2. The van der Waals surface area contributed by atoms with E-state index < -0.39 is 0 Å². The first kappa shape index (κ1) is 18.2. The smallest absolute Gasteiger partial charge is 0.255 e. The van der Waals surface area contributed by atoms with Crippen LogP contribution in [0.3, 0.4) is 0 Å². The molecule has 1 amide bonds. The molecule has 0 unspecified atom stereocenters. The molecule has 0 fully saturated rings. The van der Waals surface area contributed by atoms with Crippen molar-refractivity contribution in [1.29, 1.82) is 0 Å². The number of amides is 1. The second-order valence-corrected chi connectivity index (χ2v) is 5.78. The van der Waals surface area contributed by atoms with Crippen molar-refractivity contribution in [2.75, 3.05) is 23.5 Å². The van der Waals surface area contributed by atoms with Gasteiger partial charge in [0.2, 0.25) is 0 Å². The average molecular weight is 366 g/mol. The van der Waals surface area contributed by atoms with Crippen LogP contribution >= 0.6 is 0 Å². The quantitative estimate of drug-likeness (QED) is 0.619. The highest BCUT2D eigenvalue weighted by Crippen LogP contribution is 2.20. The number of nitrogen functional groups attached to an aromatic ring is 1. The molecule has 0 saturated heterocycles. The maximum atomic E-state index is 14.1. The number of methoxy groups -OCH3 is 1. The molecule has 0 radical (unpaired) electrons. The topological polar surface area (TPSA) is 89.3 Å². The van der Waals surface area contributed by atoms with E-state index in [4.69, 9.17) is 10.5 Å². The first-order chi connectivity index (χ1) is 13.1. The zero-order chi connectivity index (χ0) is 19.2. The molecule has 3 rings (SSSR count). The molecule has 0 aliphatic heterocycles. The van der Waals surface area contributed by atoms with Gasteiger partial charge >= 0.3 is 0 Å². The summed E-state index contributed by atoms with van der Waals surface area (Å²) in [6.07, 6.45) is 1.58. The summed E-state index contributed by atoms with van der Waals surface area (Å²) in [6.45, 7) is 0.202. The Labute approximate surface area is 156 Å². The molecule has 1 aromatic heterocycles. The van der Waals surface area contributed by atoms with Gasteiger partial charge < -0.3 is 21.1 Å². The normalized spacial score (nSPS) is 10.3. The molecule has 0 saturated carbocycles. The minimum atomic E-state index is -0.382. The van der Waals surface area contributed by atoms with Gasteiger partial charge in [0.25, 0.3) is 5.91 Å². The van der Waals surface area contributed by atoms with Crippen LogP contribution in [-0.4, -0.2) is 18.0 Å². The van der Waals surface area contributed by atoms with E-state index >= 15 is 0 Å². The second-order valence-electron chi connectivity index (χ2n) is 5.78. The zero-order valence-electron chi connectivity index (χ0n) is 14.7. The van der Waals surface area contributed by atoms with E-state index in [2.05, 4.69) is 15.6 Å². The Bertz CT molecular complexity index is 945. The predicted molar refractivity (Wildman–Crippen MR) is 103 cm³/mol. The maximum Gasteiger partial charge on any atom is 0.255 e. The fourth-order valence-corrected chi connectivity index (χ4v) is 2.49. The van der Waals surface area contributed by atoms with Crippen LogP contribution in [0.2, 0.25) is 0 Å². The number of nitrogens with one attached hydrogen (secondary N) is 2. The van der Waals surface area contributed by atoms with Crippen LogP contribution in [0, 0.1) is 5.82 Å². The van der Waals surface area contributed by atoms with Gasteiger partial charge in [-0.05, 0) is 54.6 Å². The Balaban J connectivity index is 1.70. The van der Waals surface area contributed by atoms with Gasteiger partial charge in [-0.25, -0.2) is 9.37 Å². The van der Waals surface area contributed by atoms with Crippen molar-refractivity contribution in [3.05, 3.63) is 77.7 Å². The molecule has 27 heavy (non-hydrogen) atoms. The Hall–Kier alpha value is -3.61. The molecule has 7 heteroatoms. The van der Waals surface area contributed by atoms with Crippen LogP contribution in [0.1, 0.15) is 15.9 Å². The summed E-state index contributed by atoms with van der Waals surface area (Å²) in [5.41, 5.74) is 7.75. The summed E-state index contributed by atoms with van der Waals surface area (Å²) in [5.74, 6) is 0.324. The third-order valence-corrected chi connectivity index (χ3v) is 3.96. The highest BCUT2D eigenvalue weighted by molar-refractivity contribution is 6.04. The minimum Gasteiger partial charge on any atom is -0.497 e. The number of halogens is 1. The largest absolute Gasteiger partial charge is 0.497 e. The highest BCUT2D eigenvalue weighted by atomic mass is 19.1. The molecular formula is C20H19FN4O2. The minimum absolute atomic E-state index is 0.202. The van der Waals surface area contributed by atoms with Crippen LogP contribution in [0.25, 0.3) is 0 Å². The number of nitrogens with zero attached hydrogens (tertiary/aromatic N) is 1. The van der Waals surface area contributed by atoms with E-state index in [1.165, 1.54) is 12.1 Å². The average Bonchev–Trinajstić information content (AvgIpc) is 2.69. The lowest BCUT2D eigenvalue weighted by atomic mass is 10.1. The molecule has 3 aromatic rings. The highest BCUT2D eigenvalue weighted by Gasteiger charge is 2.09. The van der Waals surface area contributed by atoms with E-state index in [0.717, 1.165) is 0 Å². The predicted octanol–water partition coefficient (Wildman–Crippen LogP) is 3.68. The van der Waals surface area contributed by atoms with Crippen LogP contribution in [0.5, 0.6) is 5.75 Å². The summed E-state index contributed by atoms with van der Waals surface area (Å²) in [6, 6.07) is 14.6. The summed E-state index contributed by atoms with van der Waals surface area (Å²) in [5, 5.41) is 5.80. The van der Waals surface area contributed by atoms with Gasteiger partial charge in [-0.3, -0.25) is 4.79 Å². The molecule has 0 aliphatic rings. The van der Waals surface area contributed by atoms with Crippen molar-refractivity contribution in [3.8, 4) is 5.75 Å². The van der Waals surface area contributed by atoms with Gasteiger partial charge in [0.1, 0.15) is 17.4 Å². The van der Waals surface area contributed by atoms with Gasteiger partial charge in [-0.2, -0.15) is 0 Å². The van der Waals surface area contributed by atoms with Crippen molar-refractivity contribution in [3.63, 3.8) is 0 Å². The number of anilines is 3. The van der Waals surface area contributed by atoms with Crippen LogP contribution in [0.4, 0.5) is 21.6 Å². The van der Waals surface area contributed by atoms with E-state index in [0.29, 0.717) is 34.1 Å². The van der Waals surface area contributed by atoms with E-state index in [-0.39, 0.29) is 18.3 Å². The van der Waals surface area contributed by atoms with E-state index in [9.17, 15) is 9.18 Å². The van der Waals surface area contributed by atoms with Crippen molar-refractivity contribution in [1.82, 2.24) is 4.98 Å². The van der Waals surface area contributed by atoms with E-state index in [1.807, 2.05) is 0 Å². The first-order valence-electron chi connectivity index (χ1n) is 8.25. The molecule has 0 aliphatic carbocycles. The summed E-state index contributed by atoms with van der Waals surface area (Å²) in [4.78, 5) is 16.3. The van der Waals surface area contributed by atoms with E-state index in [1.54, 1.807) is 55.8 Å². The molecule has 0 spiro atoms. The Kier molecular flexibility index (Phi) is 5.51. The number of hydrogen-bond donors (Lipinski definition) is 3. The van der Waals surface area contributed by atoms with Crippen molar-refractivity contribution in [2.24, 2.45) is 0 Å². The molecule has 1 heterocycles. The lowest BCUT2D eigenvalue weighted by Gasteiger charge is -2.11.